The van der Waals surface area contributed by atoms with E-state index in [1.54, 1.807) is 0 Å². The molecule has 2 aliphatic heterocycles. The number of ether oxygens (including phenoxy) is 4. The third kappa shape index (κ3) is 3.26. The lowest BCUT2D eigenvalue weighted by atomic mass is 10.2. The van der Waals surface area contributed by atoms with Crippen LogP contribution in [0.4, 0.5) is 0 Å². The fourth-order valence-electron chi connectivity index (χ4n) is 2.80. The first-order chi connectivity index (χ1) is 13.3. The largest absolute Gasteiger partial charge is 0.485 e. The predicted molar refractivity (Wildman–Crippen MR) is 96.7 cm³/mol. The van der Waals surface area contributed by atoms with Gasteiger partial charge in [0.15, 0.2) is 23.0 Å². The molecule has 0 amide bonds. The molecule has 2 aromatic carbocycles. The minimum Gasteiger partial charge on any atom is -0.485 e. The Morgan fingerprint density at radius 3 is 2.85 bits per heavy atom. The molecular formula is C18H13ClN2O5S. The summed E-state index contributed by atoms with van der Waals surface area (Å²) in [6, 6.07) is 11.2. The lowest BCUT2D eigenvalue weighted by Crippen LogP contribution is -2.21. The first kappa shape index (κ1) is 16.6. The average molecular weight is 405 g/mol. The van der Waals surface area contributed by atoms with Crippen molar-refractivity contribution in [3.63, 3.8) is 0 Å². The Morgan fingerprint density at radius 1 is 1.04 bits per heavy atom. The molecule has 9 heteroatoms. The summed E-state index contributed by atoms with van der Waals surface area (Å²) < 4.78 is 28.0. The smallest absolute Gasteiger partial charge is 0.277 e. The maximum absolute atomic E-state index is 6.21. The average Bonchev–Trinajstić information content (AvgIpc) is 3.36. The van der Waals surface area contributed by atoms with Crippen LogP contribution in [0, 0.1) is 0 Å². The lowest BCUT2D eigenvalue weighted by Gasteiger charge is -2.23. The van der Waals surface area contributed by atoms with E-state index in [0.717, 1.165) is 5.56 Å². The van der Waals surface area contributed by atoms with Crippen LogP contribution in [0.25, 0.3) is 0 Å². The molecule has 0 N–H and O–H groups in total. The SMILES string of the molecule is Clc1cc(CSc2nnc(C3COc4ccccc4O3)o2)cc2c1OCO2. The number of aromatic nitrogens is 2. The van der Waals surface area contributed by atoms with Crippen molar-refractivity contribution in [1.82, 2.24) is 10.2 Å². The predicted octanol–water partition coefficient (Wildman–Crippen LogP) is 4.26. The van der Waals surface area contributed by atoms with E-state index in [1.807, 2.05) is 36.4 Å². The molecule has 2 aliphatic rings. The summed E-state index contributed by atoms with van der Waals surface area (Å²) in [5, 5.41) is 9.14. The molecule has 0 aliphatic carbocycles. The summed E-state index contributed by atoms with van der Waals surface area (Å²) in [4.78, 5) is 0. The van der Waals surface area contributed by atoms with Crippen molar-refractivity contribution in [1.29, 1.82) is 0 Å². The second kappa shape index (κ2) is 6.86. The van der Waals surface area contributed by atoms with E-state index in [1.165, 1.54) is 11.8 Å². The lowest BCUT2D eigenvalue weighted by molar-refractivity contribution is 0.0686. The zero-order chi connectivity index (χ0) is 18.2. The minimum absolute atomic E-state index is 0.186. The Morgan fingerprint density at radius 2 is 1.93 bits per heavy atom. The second-order valence-electron chi connectivity index (χ2n) is 5.87. The van der Waals surface area contributed by atoms with Crippen molar-refractivity contribution in [2.75, 3.05) is 13.4 Å². The molecule has 7 nitrogen and oxygen atoms in total. The van der Waals surface area contributed by atoms with E-state index in [4.69, 9.17) is 35.0 Å². The van der Waals surface area contributed by atoms with Crippen molar-refractivity contribution in [2.45, 2.75) is 17.1 Å². The summed E-state index contributed by atoms with van der Waals surface area (Å²) in [5.74, 6) is 3.59. The molecule has 27 heavy (non-hydrogen) atoms. The standard InChI is InChI=1S/C18H13ClN2O5S/c19-11-5-10(6-14-16(11)24-9-23-14)8-27-18-21-20-17(26-18)15-7-22-12-3-1-2-4-13(12)25-15/h1-6,15H,7-9H2. The van der Waals surface area contributed by atoms with Crippen molar-refractivity contribution in [3.8, 4) is 23.0 Å². The Balaban J connectivity index is 1.26. The molecule has 1 atom stereocenters. The number of hydrogen-bond acceptors (Lipinski definition) is 8. The van der Waals surface area contributed by atoms with Crippen LogP contribution in [0.2, 0.25) is 5.02 Å². The van der Waals surface area contributed by atoms with Gasteiger partial charge in [-0.2, -0.15) is 0 Å². The van der Waals surface area contributed by atoms with Gasteiger partial charge >= 0.3 is 0 Å². The first-order valence-electron chi connectivity index (χ1n) is 8.19. The molecule has 3 heterocycles. The molecule has 0 saturated carbocycles. The topological polar surface area (TPSA) is 75.8 Å². The van der Waals surface area contributed by atoms with Gasteiger partial charge in [0.2, 0.25) is 12.9 Å². The molecule has 138 valence electrons. The second-order valence-corrected chi connectivity index (χ2v) is 7.20. The molecule has 0 fully saturated rings. The van der Waals surface area contributed by atoms with Gasteiger partial charge in [-0.1, -0.05) is 35.5 Å². The molecular weight excluding hydrogens is 392 g/mol. The minimum atomic E-state index is -0.429. The quantitative estimate of drug-likeness (QED) is 0.597. The fourth-order valence-corrected chi connectivity index (χ4v) is 3.79. The Kier molecular flexibility index (Phi) is 4.21. The van der Waals surface area contributed by atoms with E-state index >= 15 is 0 Å². The van der Waals surface area contributed by atoms with Gasteiger partial charge < -0.3 is 23.4 Å². The normalized spacial score (nSPS) is 17.1. The number of thioether (sulfide) groups is 1. The molecule has 3 aromatic rings. The summed E-state index contributed by atoms with van der Waals surface area (Å²) in [6.45, 7) is 0.506. The van der Waals surface area contributed by atoms with Crippen LogP contribution in [-0.2, 0) is 5.75 Å². The Hall–Kier alpha value is -2.58. The molecule has 0 saturated heterocycles. The van der Waals surface area contributed by atoms with Gasteiger partial charge in [0.05, 0.1) is 5.02 Å². The Labute approximate surface area is 163 Å². The van der Waals surface area contributed by atoms with Crippen LogP contribution in [0.3, 0.4) is 0 Å². The maximum atomic E-state index is 6.21. The van der Waals surface area contributed by atoms with Crippen LogP contribution in [0.15, 0.2) is 46.0 Å². The van der Waals surface area contributed by atoms with Crippen LogP contribution < -0.4 is 18.9 Å². The number of fused-ring (bicyclic) bond motifs is 2. The molecule has 1 unspecified atom stereocenters. The van der Waals surface area contributed by atoms with E-state index in [-0.39, 0.29) is 6.79 Å². The molecule has 0 spiro atoms. The van der Waals surface area contributed by atoms with Crippen molar-refractivity contribution in [2.24, 2.45) is 0 Å². The van der Waals surface area contributed by atoms with Crippen LogP contribution in [-0.4, -0.2) is 23.6 Å². The van der Waals surface area contributed by atoms with Crippen molar-refractivity contribution < 1.29 is 23.4 Å². The van der Waals surface area contributed by atoms with Gasteiger partial charge in [-0.25, -0.2) is 0 Å². The van der Waals surface area contributed by atoms with E-state index < -0.39 is 6.10 Å². The molecule has 5 rings (SSSR count). The maximum Gasteiger partial charge on any atom is 0.277 e. The van der Waals surface area contributed by atoms with Gasteiger partial charge in [0.1, 0.15) is 6.61 Å². The van der Waals surface area contributed by atoms with Crippen LogP contribution >= 0.6 is 23.4 Å². The number of nitrogens with zero attached hydrogens (tertiary/aromatic N) is 2. The van der Waals surface area contributed by atoms with E-state index in [2.05, 4.69) is 10.2 Å². The fraction of sp³-hybridized carbons (Fsp3) is 0.222. The van der Waals surface area contributed by atoms with Crippen molar-refractivity contribution >= 4 is 23.4 Å². The first-order valence-corrected chi connectivity index (χ1v) is 9.55. The molecule has 1 aromatic heterocycles. The number of hydrogen-bond donors (Lipinski definition) is 0. The summed E-state index contributed by atoms with van der Waals surface area (Å²) in [7, 11) is 0. The number of rotatable bonds is 4. The Bertz CT molecular complexity index is 996. The van der Waals surface area contributed by atoms with Gasteiger partial charge in [-0.05, 0) is 29.8 Å². The summed E-state index contributed by atoms with van der Waals surface area (Å²) in [5.41, 5.74) is 0.972. The third-order valence-corrected chi connectivity index (χ3v) is 5.23. The van der Waals surface area contributed by atoms with Gasteiger partial charge in [0, 0.05) is 5.75 Å². The zero-order valence-corrected chi connectivity index (χ0v) is 15.5. The van der Waals surface area contributed by atoms with Gasteiger partial charge in [-0.3, -0.25) is 0 Å². The molecule has 0 radical (unpaired) electrons. The number of halogens is 1. The number of benzene rings is 2. The highest BCUT2D eigenvalue weighted by Gasteiger charge is 2.27. The van der Waals surface area contributed by atoms with Gasteiger partial charge in [0.25, 0.3) is 11.1 Å². The van der Waals surface area contributed by atoms with Crippen LogP contribution in [0.5, 0.6) is 23.0 Å². The summed E-state index contributed by atoms with van der Waals surface area (Å²) in [6.07, 6.45) is -0.429. The van der Waals surface area contributed by atoms with Crippen molar-refractivity contribution in [3.05, 3.63) is 52.9 Å². The highest BCUT2D eigenvalue weighted by Crippen LogP contribution is 2.41. The monoisotopic (exact) mass is 404 g/mol. The summed E-state index contributed by atoms with van der Waals surface area (Å²) >= 11 is 7.61. The highest BCUT2D eigenvalue weighted by molar-refractivity contribution is 7.98. The zero-order valence-electron chi connectivity index (χ0n) is 13.9. The number of para-hydroxylation sites is 2. The third-order valence-electron chi connectivity index (χ3n) is 4.06. The van der Waals surface area contributed by atoms with Crippen LogP contribution in [0.1, 0.15) is 17.6 Å². The molecule has 0 bridgehead atoms. The highest BCUT2D eigenvalue weighted by atomic mass is 35.5. The van der Waals surface area contributed by atoms with E-state index in [9.17, 15) is 0 Å². The van der Waals surface area contributed by atoms with E-state index in [0.29, 0.717) is 51.5 Å². The van der Waals surface area contributed by atoms with Gasteiger partial charge in [-0.15, -0.1) is 10.2 Å².